The fraction of sp³-hybridized carbons (Fsp3) is 0.136. The second kappa shape index (κ2) is 7.32. The van der Waals surface area contributed by atoms with Crippen LogP contribution >= 0.6 is 11.6 Å². The highest BCUT2D eigenvalue weighted by atomic mass is 35.5. The number of anilines is 3. The number of benzene rings is 2. The van der Waals surface area contributed by atoms with Gasteiger partial charge in [0.1, 0.15) is 12.5 Å². The number of carbonyl (C=O) groups is 1. The molecule has 0 radical (unpaired) electrons. The molecule has 2 heterocycles. The van der Waals surface area contributed by atoms with Crippen LogP contribution in [0.4, 0.5) is 27.1 Å². The van der Waals surface area contributed by atoms with Crippen LogP contribution < -0.4 is 15.4 Å². The molecule has 1 aliphatic rings. The highest BCUT2D eigenvalue weighted by Crippen LogP contribution is 2.41. The number of carbonyl (C=O) groups excluding carboxylic acids is 1. The van der Waals surface area contributed by atoms with Crippen molar-refractivity contribution in [1.82, 2.24) is 4.98 Å². The molecule has 0 unspecified atom stereocenters. The van der Waals surface area contributed by atoms with Crippen molar-refractivity contribution in [2.75, 3.05) is 16.5 Å². The van der Waals surface area contributed by atoms with E-state index in [4.69, 9.17) is 18.2 Å². The van der Waals surface area contributed by atoms with Crippen LogP contribution in [0.1, 0.15) is 21.6 Å². The molecular formula is C22H16ClFN4O2. The van der Waals surface area contributed by atoms with Crippen molar-refractivity contribution in [2.24, 2.45) is 0 Å². The van der Waals surface area contributed by atoms with E-state index in [0.29, 0.717) is 33.9 Å². The number of nitrogens with zero attached hydrogens (tertiary/aromatic N) is 3. The molecule has 1 aliphatic heterocycles. The van der Waals surface area contributed by atoms with Gasteiger partial charge in [-0.3, -0.25) is 14.5 Å². The minimum absolute atomic E-state index is 0.124. The maximum atomic E-state index is 13.7. The molecule has 30 heavy (non-hydrogen) atoms. The van der Waals surface area contributed by atoms with Crippen molar-refractivity contribution in [3.05, 3.63) is 91.9 Å². The zero-order valence-electron chi connectivity index (χ0n) is 16.2. The molecule has 150 valence electrons. The minimum Gasteiger partial charge on any atom is -0.324 e. The number of pyridine rings is 1. The fourth-order valence-corrected chi connectivity index (χ4v) is 3.83. The predicted molar refractivity (Wildman–Crippen MR) is 114 cm³/mol. The van der Waals surface area contributed by atoms with E-state index in [1.54, 1.807) is 32.0 Å². The number of aryl methyl sites for hydroxylation is 2. The second-order valence-electron chi connectivity index (χ2n) is 7.00. The topological polar surface area (TPSA) is 60.8 Å². The van der Waals surface area contributed by atoms with E-state index in [1.165, 1.54) is 29.2 Å². The first kappa shape index (κ1) is 19.7. The number of hydrogen-bond acceptors (Lipinski definition) is 3. The number of halogens is 2. The Labute approximate surface area is 176 Å². The van der Waals surface area contributed by atoms with E-state index >= 15 is 0 Å². The van der Waals surface area contributed by atoms with Crippen LogP contribution in [0.25, 0.3) is 4.85 Å². The number of aromatic amines is 1. The summed E-state index contributed by atoms with van der Waals surface area (Å²) in [6.07, 6.45) is 0. The van der Waals surface area contributed by atoms with Crippen molar-refractivity contribution in [3.63, 3.8) is 0 Å². The summed E-state index contributed by atoms with van der Waals surface area (Å²) in [4.78, 5) is 34.4. The van der Waals surface area contributed by atoms with E-state index in [2.05, 4.69) is 9.83 Å². The summed E-state index contributed by atoms with van der Waals surface area (Å²) in [6, 6.07) is 10.4. The van der Waals surface area contributed by atoms with Gasteiger partial charge in [0.05, 0.1) is 23.5 Å². The van der Waals surface area contributed by atoms with Gasteiger partial charge < -0.3 is 9.88 Å². The Morgan fingerprint density at radius 3 is 2.43 bits per heavy atom. The average Bonchev–Trinajstić information content (AvgIpc) is 2.69. The lowest BCUT2D eigenvalue weighted by Crippen LogP contribution is -2.45. The summed E-state index contributed by atoms with van der Waals surface area (Å²) < 4.78 is 13.7. The van der Waals surface area contributed by atoms with Crippen molar-refractivity contribution in [2.45, 2.75) is 13.8 Å². The maximum Gasteiger partial charge on any atom is 0.260 e. The summed E-state index contributed by atoms with van der Waals surface area (Å²) in [5, 5.41) is 0.231. The van der Waals surface area contributed by atoms with Crippen molar-refractivity contribution < 1.29 is 9.18 Å². The smallest absolute Gasteiger partial charge is 0.260 e. The molecule has 1 amide bonds. The summed E-state index contributed by atoms with van der Waals surface area (Å²) >= 11 is 6.26. The molecule has 2 aromatic carbocycles. The van der Waals surface area contributed by atoms with Gasteiger partial charge in [-0.2, -0.15) is 0 Å². The summed E-state index contributed by atoms with van der Waals surface area (Å²) in [6.45, 7) is 10.9. The third kappa shape index (κ3) is 3.21. The number of aromatic nitrogens is 1. The molecule has 0 spiro atoms. The van der Waals surface area contributed by atoms with E-state index < -0.39 is 0 Å². The van der Waals surface area contributed by atoms with Gasteiger partial charge in [0.25, 0.3) is 5.91 Å². The van der Waals surface area contributed by atoms with Crippen LogP contribution in [0.2, 0.25) is 5.02 Å². The van der Waals surface area contributed by atoms with Gasteiger partial charge in [-0.05, 0) is 55.8 Å². The van der Waals surface area contributed by atoms with Gasteiger partial charge in [0, 0.05) is 22.5 Å². The number of H-pyrrole nitrogens is 1. The molecule has 0 saturated carbocycles. The van der Waals surface area contributed by atoms with Crippen LogP contribution in [-0.4, -0.2) is 17.6 Å². The first-order chi connectivity index (χ1) is 14.3. The first-order valence-electron chi connectivity index (χ1n) is 9.06. The Balaban J connectivity index is 1.95. The third-order valence-corrected chi connectivity index (χ3v) is 5.37. The Bertz CT molecular complexity index is 1300. The molecule has 0 fully saturated rings. The highest BCUT2D eigenvalue weighted by Gasteiger charge is 2.33. The molecule has 0 atom stereocenters. The lowest BCUT2D eigenvalue weighted by molar-refractivity contribution is 0.0983. The number of amides is 1. The highest BCUT2D eigenvalue weighted by molar-refractivity contribution is 6.34. The molecule has 3 aromatic rings. The van der Waals surface area contributed by atoms with Crippen molar-refractivity contribution >= 4 is 40.3 Å². The molecule has 1 N–H and O–H groups in total. The Hall–Kier alpha value is -3.63. The van der Waals surface area contributed by atoms with Gasteiger partial charge in [-0.25, -0.2) is 9.24 Å². The first-order valence-corrected chi connectivity index (χ1v) is 9.44. The van der Waals surface area contributed by atoms with Crippen LogP contribution in [0, 0.1) is 26.2 Å². The van der Waals surface area contributed by atoms with Crippen LogP contribution in [0.5, 0.6) is 0 Å². The average molecular weight is 423 g/mol. The number of fused-ring (bicyclic) bond motifs is 1. The summed E-state index contributed by atoms with van der Waals surface area (Å²) in [5.41, 5.74) is 3.18. The van der Waals surface area contributed by atoms with Crippen LogP contribution in [0.3, 0.4) is 0 Å². The van der Waals surface area contributed by atoms with E-state index in [9.17, 15) is 14.0 Å². The number of nitrogens with one attached hydrogen (secondary N) is 1. The SMILES string of the molecule is [C-]#[N+]c1cc2c(cc1Cl)N(c1ccc(F)cc1C)CN(c1ccc(=O)[nH]c1C)C2=O. The molecule has 1 aromatic heterocycles. The molecular weight excluding hydrogens is 407 g/mol. The third-order valence-electron chi connectivity index (χ3n) is 5.06. The minimum atomic E-state index is -0.362. The molecule has 0 saturated heterocycles. The van der Waals surface area contributed by atoms with Crippen LogP contribution in [-0.2, 0) is 0 Å². The summed E-state index contributed by atoms with van der Waals surface area (Å²) in [7, 11) is 0. The molecule has 0 aliphatic carbocycles. The predicted octanol–water partition coefficient (Wildman–Crippen LogP) is 5.09. The zero-order valence-corrected chi connectivity index (χ0v) is 16.9. The van der Waals surface area contributed by atoms with E-state index in [1.807, 2.05) is 4.90 Å². The van der Waals surface area contributed by atoms with Gasteiger partial charge in [0.2, 0.25) is 11.2 Å². The van der Waals surface area contributed by atoms with Crippen LogP contribution in [0.15, 0.2) is 47.3 Å². The van der Waals surface area contributed by atoms with E-state index in [0.717, 1.165) is 0 Å². The van der Waals surface area contributed by atoms with Crippen molar-refractivity contribution in [3.8, 4) is 0 Å². The lowest BCUT2D eigenvalue weighted by atomic mass is 10.0. The Morgan fingerprint density at radius 2 is 1.77 bits per heavy atom. The lowest BCUT2D eigenvalue weighted by Gasteiger charge is -2.39. The Kier molecular flexibility index (Phi) is 4.80. The second-order valence-corrected chi connectivity index (χ2v) is 7.41. The normalized spacial score (nSPS) is 13.2. The van der Waals surface area contributed by atoms with Gasteiger partial charge in [-0.15, -0.1) is 0 Å². The molecule has 0 bridgehead atoms. The zero-order chi connectivity index (χ0) is 21.6. The molecule has 8 heteroatoms. The number of rotatable bonds is 2. The standard InChI is InChI=1S/C22H16ClFN4O2/c1-12-8-14(24)4-5-18(12)27-11-28(19-6-7-21(29)26-13(19)2)22(30)15-9-17(25-3)16(23)10-20(15)27/h4-10H,11H2,1-2H3,(H,26,29). The quantitative estimate of drug-likeness (QED) is 0.585. The largest absolute Gasteiger partial charge is 0.324 e. The fourth-order valence-electron chi connectivity index (χ4n) is 3.63. The van der Waals surface area contributed by atoms with Gasteiger partial charge >= 0.3 is 0 Å². The monoisotopic (exact) mass is 422 g/mol. The van der Waals surface area contributed by atoms with Crippen molar-refractivity contribution in [1.29, 1.82) is 0 Å². The molecule has 6 nitrogen and oxygen atoms in total. The van der Waals surface area contributed by atoms with Gasteiger partial charge in [-0.1, -0.05) is 11.6 Å². The maximum absolute atomic E-state index is 13.7. The van der Waals surface area contributed by atoms with E-state index in [-0.39, 0.29) is 34.7 Å². The summed E-state index contributed by atoms with van der Waals surface area (Å²) in [5.74, 6) is -0.683. The molecule has 4 rings (SSSR count). The Morgan fingerprint density at radius 1 is 1.03 bits per heavy atom. The number of hydrogen-bond donors (Lipinski definition) is 1. The van der Waals surface area contributed by atoms with Gasteiger partial charge in [0.15, 0.2) is 0 Å².